The molecule has 31 heavy (non-hydrogen) atoms. The molecule has 7 nitrogen and oxygen atoms in total. The number of benzene rings is 1. The van der Waals surface area contributed by atoms with Crippen molar-refractivity contribution in [2.75, 3.05) is 5.32 Å². The smallest absolute Gasteiger partial charge is 0.416 e. The van der Waals surface area contributed by atoms with Crippen LogP contribution >= 0.6 is 12.2 Å². The number of rotatable bonds is 5. The summed E-state index contributed by atoms with van der Waals surface area (Å²) in [6.45, 7) is 0.206. The molecule has 1 aromatic carbocycles. The maximum atomic E-state index is 12.8. The number of ether oxygens (including phenoxy) is 1. The van der Waals surface area contributed by atoms with Gasteiger partial charge < -0.3 is 10.1 Å². The van der Waals surface area contributed by atoms with Crippen LogP contribution in [0.15, 0.2) is 67.1 Å². The van der Waals surface area contributed by atoms with E-state index >= 15 is 0 Å². The van der Waals surface area contributed by atoms with Gasteiger partial charge in [0.25, 0.3) is 5.91 Å². The molecule has 2 heterocycles. The zero-order valence-corrected chi connectivity index (χ0v) is 16.6. The summed E-state index contributed by atoms with van der Waals surface area (Å²) in [6, 6.07) is 11.2. The molecule has 1 amide bonds. The molecule has 3 N–H and O–H groups in total. The Bertz CT molecular complexity index is 1060. The van der Waals surface area contributed by atoms with Crippen molar-refractivity contribution in [1.82, 2.24) is 20.8 Å². The molecule has 0 aliphatic carbocycles. The van der Waals surface area contributed by atoms with Crippen molar-refractivity contribution in [2.45, 2.75) is 12.8 Å². The molecular weight excluding hydrogens is 431 g/mol. The molecule has 0 aliphatic rings. The van der Waals surface area contributed by atoms with Crippen LogP contribution in [0.25, 0.3) is 0 Å². The number of hydrogen-bond acceptors (Lipinski definition) is 5. The van der Waals surface area contributed by atoms with Crippen LogP contribution in [0.4, 0.5) is 18.9 Å². The highest BCUT2D eigenvalue weighted by molar-refractivity contribution is 7.80. The Balaban J connectivity index is 1.58. The van der Waals surface area contributed by atoms with Crippen LogP contribution in [0.3, 0.4) is 0 Å². The van der Waals surface area contributed by atoms with Gasteiger partial charge in [0, 0.05) is 24.3 Å². The lowest BCUT2D eigenvalue weighted by Crippen LogP contribution is -2.44. The topological polar surface area (TPSA) is 88.2 Å². The van der Waals surface area contributed by atoms with Gasteiger partial charge in [-0.1, -0.05) is 6.07 Å². The first kappa shape index (κ1) is 22.0. The van der Waals surface area contributed by atoms with E-state index in [-0.39, 0.29) is 28.9 Å². The number of amides is 1. The van der Waals surface area contributed by atoms with Gasteiger partial charge in [0.05, 0.1) is 5.56 Å². The summed E-state index contributed by atoms with van der Waals surface area (Å²) in [5.74, 6) is -0.395. The van der Waals surface area contributed by atoms with Crippen LogP contribution in [0.5, 0.6) is 5.75 Å². The number of aromatic nitrogens is 2. The van der Waals surface area contributed by atoms with E-state index < -0.39 is 17.6 Å². The number of hydrazine groups is 1. The highest BCUT2D eigenvalue weighted by Gasteiger charge is 2.30. The number of alkyl halides is 3. The third kappa shape index (κ3) is 6.37. The zero-order chi connectivity index (χ0) is 22.3. The summed E-state index contributed by atoms with van der Waals surface area (Å²) in [4.78, 5) is 20.4. The van der Waals surface area contributed by atoms with Gasteiger partial charge in [0.2, 0.25) is 0 Å². The van der Waals surface area contributed by atoms with E-state index in [9.17, 15) is 18.0 Å². The second kappa shape index (κ2) is 9.85. The molecule has 0 radical (unpaired) electrons. The van der Waals surface area contributed by atoms with Crippen LogP contribution < -0.4 is 20.9 Å². The first-order valence-corrected chi connectivity index (χ1v) is 9.25. The molecule has 11 heteroatoms. The number of carbonyl (C=O) groups excluding carboxylic acids is 1. The van der Waals surface area contributed by atoms with Gasteiger partial charge in [0.15, 0.2) is 16.6 Å². The first-order valence-electron chi connectivity index (χ1n) is 8.84. The molecule has 0 unspecified atom stereocenters. The van der Waals surface area contributed by atoms with E-state index in [0.29, 0.717) is 0 Å². The minimum absolute atomic E-state index is 0.00549. The number of pyridine rings is 2. The third-order valence-corrected chi connectivity index (χ3v) is 4.07. The molecule has 0 saturated carbocycles. The summed E-state index contributed by atoms with van der Waals surface area (Å²) in [6.07, 6.45) is 0.190. The van der Waals surface area contributed by atoms with Crippen molar-refractivity contribution in [3.8, 4) is 5.75 Å². The van der Waals surface area contributed by atoms with E-state index in [1.54, 1.807) is 36.7 Å². The monoisotopic (exact) mass is 447 g/mol. The van der Waals surface area contributed by atoms with Gasteiger partial charge in [-0.2, -0.15) is 13.2 Å². The minimum atomic E-state index is -4.48. The maximum Gasteiger partial charge on any atom is 0.416 e. The molecule has 3 aromatic rings. The Morgan fingerprint density at radius 2 is 1.81 bits per heavy atom. The van der Waals surface area contributed by atoms with Crippen molar-refractivity contribution < 1.29 is 22.7 Å². The summed E-state index contributed by atoms with van der Waals surface area (Å²) >= 11 is 5.01. The van der Waals surface area contributed by atoms with Crippen LogP contribution in [0, 0.1) is 0 Å². The Kier molecular flexibility index (Phi) is 6.98. The van der Waals surface area contributed by atoms with Gasteiger partial charge in [-0.05, 0) is 60.2 Å². The Labute approximate surface area is 180 Å². The molecule has 0 bridgehead atoms. The van der Waals surface area contributed by atoms with Crippen LogP contribution in [0.2, 0.25) is 0 Å². The second-order valence-corrected chi connectivity index (χ2v) is 6.51. The fourth-order valence-electron chi connectivity index (χ4n) is 2.43. The minimum Gasteiger partial charge on any atom is -0.486 e. The summed E-state index contributed by atoms with van der Waals surface area (Å²) < 4.78 is 44.1. The van der Waals surface area contributed by atoms with Gasteiger partial charge in [-0.3, -0.25) is 20.6 Å². The lowest BCUT2D eigenvalue weighted by molar-refractivity contribution is -0.137. The zero-order valence-electron chi connectivity index (χ0n) is 15.8. The number of anilines is 1. The lowest BCUT2D eigenvalue weighted by atomic mass is 10.2. The van der Waals surface area contributed by atoms with Crippen LogP contribution in [-0.2, 0) is 12.8 Å². The van der Waals surface area contributed by atoms with Gasteiger partial charge in [0.1, 0.15) is 6.61 Å². The largest absolute Gasteiger partial charge is 0.486 e. The van der Waals surface area contributed by atoms with E-state index in [1.165, 1.54) is 18.3 Å². The Morgan fingerprint density at radius 1 is 1.03 bits per heavy atom. The van der Waals surface area contributed by atoms with Gasteiger partial charge >= 0.3 is 6.18 Å². The fourth-order valence-corrected chi connectivity index (χ4v) is 2.59. The number of nitrogens with one attached hydrogen (secondary N) is 3. The molecule has 2 aromatic heterocycles. The predicted molar refractivity (Wildman–Crippen MR) is 111 cm³/mol. The molecule has 0 saturated heterocycles. The fraction of sp³-hybridized carbons (Fsp3) is 0.100. The van der Waals surface area contributed by atoms with Gasteiger partial charge in [-0.15, -0.1) is 0 Å². The van der Waals surface area contributed by atoms with Crippen molar-refractivity contribution in [3.05, 3.63) is 83.9 Å². The molecule has 0 aliphatic heterocycles. The predicted octanol–water partition coefficient (Wildman–Crippen LogP) is 3.71. The molecule has 3 rings (SSSR count). The number of thiocarbonyl (C=S) groups is 1. The van der Waals surface area contributed by atoms with Crippen molar-refractivity contribution in [1.29, 1.82) is 0 Å². The van der Waals surface area contributed by atoms with E-state index in [1.807, 2.05) is 0 Å². The molecule has 0 spiro atoms. The molecule has 0 fully saturated rings. The average Bonchev–Trinajstić information content (AvgIpc) is 2.76. The van der Waals surface area contributed by atoms with E-state index in [0.717, 1.165) is 17.7 Å². The van der Waals surface area contributed by atoms with Crippen LogP contribution in [-0.4, -0.2) is 21.0 Å². The molecular formula is C20H16F3N5O2S. The number of halogens is 3. The Morgan fingerprint density at radius 3 is 2.55 bits per heavy atom. The molecule has 0 atom stereocenters. The van der Waals surface area contributed by atoms with Crippen molar-refractivity contribution in [3.63, 3.8) is 0 Å². The normalized spacial score (nSPS) is 10.8. The van der Waals surface area contributed by atoms with E-state index in [2.05, 4.69) is 26.1 Å². The SMILES string of the molecule is O=C(NNC(=S)Nc1cccc(C(F)(F)F)c1)c1ncccc1OCc1ccncc1. The maximum absolute atomic E-state index is 12.8. The summed E-state index contributed by atoms with van der Waals surface area (Å²) in [5, 5.41) is 2.46. The highest BCUT2D eigenvalue weighted by atomic mass is 32.1. The summed E-state index contributed by atoms with van der Waals surface area (Å²) in [7, 11) is 0. The van der Waals surface area contributed by atoms with E-state index in [4.69, 9.17) is 17.0 Å². The average molecular weight is 447 g/mol. The first-order chi connectivity index (χ1) is 14.8. The van der Waals surface area contributed by atoms with Gasteiger partial charge in [-0.25, -0.2) is 4.98 Å². The number of nitrogens with zero attached hydrogens (tertiary/aromatic N) is 2. The number of carbonyl (C=O) groups is 1. The quantitative estimate of drug-likeness (QED) is 0.406. The van der Waals surface area contributed by atoms with Crippen molar-refractivity contribution in [2.24, 2.45) is 0 Å². The van der Waals surface area contributed by atoms with Crippen LogP contribution in [0.1, 0.15) is 21.6 Å². The number of hydrogen-bond donors (Lipinski definition) is 3. The third-order valence-electron chi connectivity index (χ3n) is 3.87. The Hall–Kier alpha value is -3.73. The molecule has 160 valence electrons. The summed E-state index contributed by atoms with van der Waals surface area (Å²) in [5.41, 5.74) is 4.91. The second-order valence-electron chi connectivity index (χ2n) is 6.11. The standard InChI is InChI=1S/C20H16F3N5O2S/c21-20(22,23)14-3-1-4-15(11-14)26-19(31)28-27-18(29)17-16(5-2-8-25-17)30-12-13-6-9-24-10-7-13/h1-11H,12H2,(H,27,29)(H2,26,28,31). The van der Waals surface area contributed by atoms with Crippen molar-refractivity contribution >= 4 is 28.9 Å². The lowest BCUT2D eigenvalue weighted by Gasteiger charge is -2.14. The highest BCUT2D eigenvalue weighted by Crippen LogP contribution is 2.30.